The number of nitro benzene ring substituents is 1. The van der Waals surface area contributed by atoms with Crippen LogP contribution < -0.4 is 14.4 Å². The number of hydrogen-bond acceptors (Lipinski definition) is 6. The topological polar surface area (TPSA) is 102 Å². The summed E-state index contributed by atoms with van der Waals surface area (Å²) in [5.41, 5.74) is 0.169. The lowest BCUT2D eigenvalue weighted by molar-refractivity contribution is -0.384. The van der Waals surface area contributed by atoms with Gasteiger partial charge in [0.15, 0.2) is 11.5 Å². The van der Waals surface area contributed by atoms with Crippen LogP contribution in [0.25, 0.3) is 0 Å². The highest BCUT2D eigenvalue weighted by atomic mass is 16.6. The Morgan fingerprint density at radius 2 is 2.00 bits per heavy atom. The van der Waals surface area contributed by atoms with Crippen LogP contribution in [0.3, 0.4) is 0 Å². The SMILES string of the molecule is CN(CCC(=O)O)c1cc2c(cc1[N+](=O)[O-])OCCO2. The maximum absolute atomic E-state index is 11.1. The van der Waals surface area contributed by atoms with Crippen molar-refractivity contribution < 1.29 is 24.3 Å². The molecule has 1 aliphatic heterocycles. The molecule has 1 heterocycles. The largest absolute Gasteiger partial charge is 0.486 e. The minimum absolute atomic E-state index is 0.109. The normalized spacial score (nSPS) is 12.8. The molecule has 0 aromatic heterocycles. The molecular formula is C12H14N2O6. The van der Waals surface area contributed by atoms with E-state index in [4.69, 9.17) is 14.6 Å². The Kier molecular flexibility index (Phi) is 3.92. The van der Waals surface area contributed by atoms with Gasteiger partial charge in [0.1, 0.15) is 18.9 Å². The van der Waals surface area contributed by atoms with Gasteiger partial charge in [-0.3, -0.25) is 14.9 Å². The lowest BCUT2D eigenvalue weighted by Crippen LogP contribution is -2.23. The number of rotatable bonds is 5. The van der Waals surface area contributed by atoms with E-state index >= 15 is 0 Å². The number of anilines is 1. The highest BCUT2D eigenvalue weighted by molar-refractivity contribution is 5.71. The van der Waals surface area contributed by atoms with Crippen LogP contribution in [0, 0.1) is 10.1 Å². The van der Waals surface area contributed by atoms with Crippen molar-refractivity contribution in [3.63, 3.8) is 0 Å². The fourth-order valence-corrected chi connectivity index (χ4v) is 1.90. The van der Waals surface area contributed by atoms with Crippen molar-refractivity contribution in [2.75, 3.05) is 31.7 Å². The third-order valence-electron chi connectivity index (χ3n) is 2.91. The number of benzene rings is 1. The first-order valence-corrected chi connectivity index (χ1v) is 6.00. The zero-order valence-corrected chi connectivity index (χ0v) is 10.9. The maximum atomic E-state index is 11.1. The number of nitro groups is 1. The van der Waals surface area contributed by atoms with Gasteiger partial charge in [-0.15, -0.1) is 0 Å². The lowest BCUT2D eigenvalue weighted by Gasteiger charge is -2.23. The van der Waals surface area contributed by atoms with Crippen LogP contribution in [0.5, 0.6) is 11.5 Å². The van der Waals surface area contributed by atoms with E-state index in [1.54, 1.807) is 7.05 Å². The molecule has 1 N–H and O–H groups in total. The van der Waals surface area contributed by atoms with Gasteiger partial charge in [-0.25, -0.2) is 0 Å². The summed E-state index contributed by atoms with van der Waals surface area (Å²) in [5.74, 6) is -0.200. The molecule has 1 aromatic carbocycles. The van der Waals surface area contributed by atoms with Crippen molar-refractivity contribution in [1.29, 1.82) is 0 Å². The van der Waals surface area contributed by atoms with E-state index in [0.717, 1.165) is 0 Å². The lowest BCUT2D eigenvalue weighted by atomic mass is 10.2. The number of aliphatic carboxylic acids is 1. The van der Waals surface area contributed by atoms with Crippen molar-refractivity contribution in [2.24, 2.45) is 0 Å². The zero-order chi connectivity index (χ0) is 14.7. The molecule has 1 aromatic rings. The van der Waals surface area contributed by atoms with Gasteiger partial charge in [0.05, 0.1) is 17.4 Å². The number of carbonyl (C=O) groups is 1. The van der Waals surface area contributed by atoms with Crippen molar-refractivity contribution >= 4 is 17.3 Å². The van der Waals surface area contributed by atoms with Gasteiger partial charge in [-0.05, 0) is 0 Å². The molecule has 0 spiro atoms. The molecule has 108 valence electrons. The second-order valence-electron chi connectivity index (χ2n) is 4.31. The number of fused-ring (bicyclic) bond motifs is 1. The molecule has 2 rings (SSSR count). The minimum Gasteiger partial charge on any atom is -0.486 e. The van der Waals surface area contributed by atoms with E-state index in [1.165, 1.54) is 17.0 Å². The van der Waals surface area contributed by atoms with E-state index < -0.39 is 10.9 Å². The van der Waals surface area contributed by atoms with Crippen LogP contribution in [-0.2, 0) is 4.79 Å². The summed E-state index contributed by atoms with van der Waals surface area (Å²) in [6.45, 7) is 0.886. The molecule has 0 fully saturated rings. The summed E-state index contributed by atoms with van der Waals surface area (Å²) in [6.07, 6.45) is -0.109. The van der Waals surface area contributed by atoms with Gasteiger partial charge in [-0.1, -0.05) is 0 Å². The number of carboxylic acid groups (broad SMARTS) is 1. The quantitative estimate of drug-likeness (QED) is 0.641. The van der Waals surface area contributed by atoms with Crippen LogP contribution in [0.1, 0.15) is 6.42 Å². The minimum atomic E-state index is -0.961. The van der Waals surface area contributed by atoms with Crippen molar-refractivity contribution in [2.45, 2.75) is 6.42 Å². The number of hydrogen-bond donors (Lipinski definition) is 1. The van der Waals surface area contributed by atoms with E-state index in [-0.39, 0.29) is 18.7 Å². The molecule has 0 radical (unpaired) electrons. The summed E-state index contributed by atoms with van der Waals surface area (Å²) in [6, 6.07) is 2.82. The van der Waals surface area contributed by atoms with Gasteiger partial charge in [0.25, 0.3) is 5.69 Å². The van der Waals surface area contributed by atoms with E-state index in [2.05, 4.69) is 0 Å². The first-order valence-electron chi connectivity index (χ1n) is 6.00. The highest BCUT2D eigenvalue weighted by Gasteiger charge is 2.24. The summed E-state index contributed by atoms with van der Waals surface area (Å²) in [5, 5.41) is 19.8. The Hall–Kier alpha value is -2.51. The monoisotopic (exact) mass is 282 g/mol. The molecule has 0 saturated carbocycles. The average Bonchev–Trinajstić information content (AvgIpc) is 2.43. The van der Waals surface area contributed by atoms with Crippen LogP contribution in [0.2, 0.25) is 0 Å². The fourth-order valence-electron chi connectivity index (χ4n) is 1.90. The Bertz CT molecular complexity index is 545. The first kappa shape index (κ1) is 13.9. The summed E-state index contributed by atoms with van der Waals surface area (Å²) < 4.78 is 10.7. The molecule has 0 unspecified atom stereocenters. The maximum Gasteiger partial charge on any atom is 0.305 e. The Labute approximate surface area is 114 Å². The Morgan fingerprint density at radius 3 is 2.55 bits per heavy atom. The Morgan fingerprint density at radius 1 is 1.40 bits per heavy atom. The summed E-state index contributed by atoms with van der Waals surface area (Å²) in [7, 11) is 1.60. The number of nitrogens with zero attached hydrogens (tertiary/aromatic N) is 2. The third kappa shape index (κ3) is 2.90. The molecule has 0 bridgehead atoms. The second kappa shape index (κ2) is 5.64. The van der Waals surface area contributed by atoms with Gasteiger partial charge < -0.3 is 19.5 Å². The van der Waals surface area contributed by atoms with Gasteiger partial charge >= 0.3 is 5.97 Å². The third-order valence-corrected chi connectivity index (χ3v) is 2.91. The van der Waals surface area contributed by atoms with Gasteiger partial charge in [0, 0.05) is 19.7 Å². The number of ether oxygens (including phenoxy) is 2. The van der Waals surface area contributed by atoms with Crippen LogP contribution in [-0.4, -0.2) is 42.8 Å². The van der Waals surface area contributed by atoms with Crippen molar-refractivity contribution in [3.05, 3.63) is 22.2 Å². The van der Waals surface area contributed by atoms with Crippen LogP contribution >= 0.6 is 0 Å². The van der Waals surface area contributed by atoms with Crippen molar-refractivity contribution in [3.8, 4) is 11.5 Å². The van der Waals surface area contributed by atoms with Crippen LogP contribution in [0.4, 0.5) is 11.4 Å². The average molecular weight is 282 g/mol. The first-order chi connectivity index (χ1) is 9.49. The predicted molar refractivity (Wildman–Crippen MR) is 69.6 cm³/mol. The van der Waals surface area contributed by atoms with Crippen molar-refractivity contribution in [1.82, 2.24) is 0 Å². The highest BCUT2D eigenvalue weighted by Crippen LogP contribution is 2.40. The van der Waals surface area contributed by atoms with Crippen LogP contribution in [0.15, 0.2) is 12.1 Å². The van der Waals surface area contributed by atoms with E-state index in [1.807, 2.05) is 0 Å². The molecule has 20 heavy (non-hydrogen) atoms. The summed E-state index contributed by atoms with van der Waals surface area (Å²) >= 11 is 0. The molecule has 8 nitrogen and oxygen atoms in total. The molecular weight excluding hydrogens is 268 g/mol. The summed E-state index contributed by atoms with van der Waals surface area (Å²) in [4.78, 5) is 22.7. The van der Waals surface area contributed by atoms with Gasteiger partial charge in [0.2, 0.25) is 0 Å². The van der Waals surface area contributed by atoms with E-state index in [9.17, 15) is 14.9 Å². The molecule has 0 saturated heterocycles. The standard InChI is InChI=1S/C12H14N2O6/c1-13(3-2-12(15)16)8-6-10-11(20-5-4-19-10)7-9(8)14(17)18/h6-7H,2-5H2,1H3,(H,15,16). The predicted octanol–water partition coefficient (Wildman–Crippen LogP) is 1.28. The molecule has 1 aliphatic rings. The molecule has 8 heteroatoms. The smallest absolute Gasteiger partial charge is 0.305 e. The molecule has 0 atom stereocenters. The fraction of sp³-hybridized carbons (Fsp3) is 0.417. The van der Waals surface area contributed by atoms with Gasteiger partial charge in [-0.2, -0.15) is 0 Å². The second-order valence-corrected chi connectivity index (χ2v) is 4.31. The Balaban J connectivity index is 2.34. The molecule has 0 amide bonds. The number of carboxylic acids is 1. The van der Waals surface area contributed by atoms with E-state index in [0.29, 0.717) is 30.4 Å². The molecule has 0 aliphatic carbocycles. The zero-order valence-electron chi connectivity index (χ0n) is 10.9.